The van der Waals surface area contributed by atoms with E-state index >= 15 is 0 Å². The summed E-state index contributed by atoms with van der Waals surface area (Å²) in [6, 6.07) is 24.7. The zero-order valence-corrected chi connectivity index (χ0v) is 21.4. The molecule has 0 amide bonds. The van der Waals surface area contributed by atoms with Gasteiger partial charge in [-0.2, -0.15) is 4.98 Å². The molecule has 10 nitrogen and oxygen atoms in total. The molecule has 3 heterocycles. The van der Waals surface area contributed by atoms with Gasteiger partial charge in [0, 0.05) is 17.3 Å². The lowest BCUT2D eigenvalue weighted by Gasteiger charge is -2.13. The van der Waals surface area contributed by atoms with Crippen molar-refractivity contribution in [3.05, 3.63) is 107 Å². The minimum absolute atomic E-state index is 0.158. The molecular weight excluding hydrogens is 510 g/mol. The number of para-hydroxylation sites is 1. The Balaban J connectivity index is 1.41. The number of aromatic carboxylic acids is 1. The van der Waals surface area contributed by atoms with Gasteiger partial charge in [-0.3, -0.25) is 19.1 Å². The van der Waals surface area contributed by atoms with Crippen molar-refractivity contribution in [2.75, 3.05) is 6.61 Å². The van der Waals surface area contributed by atoms with Crippen LogP contribution in [0.25, 0.3) is 44.8 Å². The molecule has 3 aromatic heterocycles. The van der Waals surface area contributed by atoms with Gasteiger partial charge in [0.05, 0.1) is 35.4 Å². The Kier molecular flexibility index (Phi) is 6.41. The molecule has 0 saturated carbocycles. The molecule has 0 saturated heterocycles. The predicted molar refractivity (Wildman–Crippen MR) is 148 cm³/mol. The second-order valence-electron chi connectivity index (χ2n) is 9.01. The Labute approximate surface area is 227 Å². The Hall–Kier alpha value is -5.51. The Morgan fingerprint density at radius 2 is 1.82 bits per heavy atom. The van der Waals surface area contributed by atoms with Gasteiger partial charge in [0.1, 0.15) is 0 Å². The molecule has 40 heavy (non-hydrogen) atoms. The fourth-order valence-corrected chi connectivity index (χ4v) is 4.72. The third-order valence-corrected chi connectivity index (χ3v) is 6.52. The molecule has 0 radical (unpaired) electrons. The van der Waals surface area contributed by atoms with E-state index in [1.807, 2.05) is 67.6 Å². The molecule has 0 unspecified atom stereocenters. The van der Waals surface area contributed by atoms with E-state index in [1.165, 1.54) is 0 Å². The number of hydrogen-bond acceptors (Lipinski definition) is 7. The number of aromatic nitrogens is 5. The number of carboxylic acid groups (broad SMARTS) is 1. The maximum Gasteiger partial charge on any atom is 0.439 e. The van der Waals surface area contributed by atoms with Gasteiger partial charge in [0.2, 0.25) is 0 Å². The average Bonchev–Trinajstić information content (AvgIpc) is 3.57. The van der Waals surface area contributed by atoms with Crippen molar-refractivity contribution in [2.45, 2.75) is 13.5 Å². The largest absolute Gasteiger partial charge is 0.478 e. The molecule has 0 fully saturated rings. The van der Waals surface area contributed by atoms with Gasteiger partial charge in [-0.1, -0.05) is 47.6 Å². The summed E-state index contributed by atoms with van der Waals surface area (Å²) in [4.78, 5) is 35.2. The number of fused-ring (bicyclic) bond motifs is 1. The Morgan fingerprint density at radius 1 is 1.00 bits per heavy atom. The van der Waals surface area contributed by atoms with Gasteiger partial charge < -0.3 is 9.84 Å². The smallest absolute Gasteiger partial charge is 0.439 e. The van der Waals surface area contributed by atoms with E-state index < -0.39 is 11.7 Å². The van der Waals surface area contributed by atoms with Gasteiger partial charge in [0.15, 0.2) is 5.82 Å². The van der Waals surface area contributed by atoms with Gasteiger partial charge >= 0.3 is 11.7 Å². The van der Waals surface area contributed by atoms with Crippen LogP contribution in [-0.2, 0) is 6.54 Å². The van der Waals surface area contributed by atoms with E-state index in [1.54, 1.807) is 29.0 Å². The van der Waals surface area contributed by atoms with E-state index in [9.17, 15) is 14.7 Å². The number of carbonyl (C=O) groups is 1. The number of aromatic amines is 1. The standard InChI is InChI=1S/C30H23N5O5/c1-2-39-29-32-25-8-5-6-22(28(36)37)26(25)35(29)17-18-9-11-19(12-10-18)23-16-20(24-7-3-4-15-31-24)13-14-21(23)27-33-30(38)40-34-27/h3-16H,2,17H2,1H3,(H,36,37)(H,33,34,38). The van der Waals surface area contributed by atoms with Gasteiger partial charge in [-0.25, -0.2) is 9.59 Å². The number of imidazole rings is 1. The number of pyridine rings is 1. The highest BCUT2D eigenvalue weighted by atomic mass is 16.5. The molecule has 2 N–H and O–H groups in total. The van der Waals surface area contributed by atoms with Crippen LogP contribution in [0.3, 0.4) is 0 Å². The lowest BCUT2D eigenvalue weighted by atomic mass is 9.95. The van der Waals surface area contributed by atoms with Crippen molar-refractivity contribution in [1.82, 2.24) is 24.7 Å². The molecule has 6 rings (SSSR count). The topological polar surface area (TPSA) is 136 Å². The van der Waals surface area contributed by atoms with E-state index in [0.717, 1.165) is 27.9 Å². The second kappa shape index (κ2) is 10.3. The number of benzene rings is 3. The normalized spacial score (nSPS) is 11.1. The number of H-pyrrole nitrogens is 1. The van der Waals surface area contributed by atoms with Crippen LogP contribution in [-0.4, -0.2) is 42.4 Å². The zero-order valence-electron chi connectivity index (χ0n) is 21.4. The van der Waals surface area contributed by atoms with E-state index in [0.29, 0.717) is 41.6 Å². The maximum absolute atomic E-state index is 11.9. The summed E-state index contributed by atoms with van der Waals surface area (Å²) in [5.41, 5.74) is 6.25. The minimum Gasteiger partial charge on any atom is -0.478 e. The molecule has 0 aliphatic carbocycles. The van der Waals surface area contributed by atoms with Crippen LogP contribution < -0.4 is 10.5 Å². The molecule has 198 valence electrons. The van der Waals surface area contributed by atoms with Crippen molar-refractivity contribution < 1.29 is 19.2 Å². The number of ether oxygens (including phenoxy) is 1. The Morgan fingerprint density at radius 3 is 2.52 bits per heavy atom. The highest BCUT2D eigenvalue weighted by Gasteiger charge is 2.19. The molecule has 6 aromatic rings. The number of rotatable bonds is 8. The Bertz CT molecular complexity index is 1890. The van der Waals surface area contributed by atoms with E-state index in [2.05, 4.69) is 20.1 Å². The SMILES string of the molecule is CCOc1nc2cccc(C(=O)O)c2n1Cc1ccc(-c2cc(-c3ccccn3)ccc2-c2noc(=O)[nH]2)cc1. The first kappa shape index (κ1) is 24.8. The van der Waals surface area contributed by atoms with Crippen LogP contribution in [0.5, 0.6) is 6.01 Å². The van der Waals surface area contributed by atoms with Crippen LogP contribution in [0.15, 0.2) is 94.4 Å². The van der Waals surface area contributed by atoms with Crippen LogP contribution in [0.2, 0.25) is 0 Å². The van der Waals surface area contributed by atoms with Crippen molar-refractivity contribution in [3.63, 3.8) is 0 Å². The lowest BCUT2D eigenvalue weighted by Crippen LogP contribution is -2.08. The third kappa shape index (κ3) is 4.62. The number of nitrogens with one attached hydrogen (secondary N) is 1. The molecule has 0 spiro atoms. The first-order valence-electron chi connectivity index (χ1n) is 12.6. The van der Waals surface area contributed by atoms with Crippen molar-refractivity contribution >= 4 is 17.0 Å². The summed E-state index contributed by atoms with van der Waals surface area (Å²) in [5.74, 6) is -1.34. The molecular formula is C30H23N5O5. The summed E-state index contributed by atoms with van der Waals surface area (Å²) in [7, 11) is 0. The highest BCUT2D eigenvalue weighted by molar-refractivity contribution is 6.01. The highest BCUT2D eigenvalue weighted by Crippen LogP contribution is 2.34. The zero-order chi connectivity index (χ0) is 27.6. The fraction of sp³-hybridized carbons (Fsp3) is 0.100. The van der Waals surface area contributed by atoms with Crippen molar-refractivity contribution in [2.24, 2.45) is 0 Å². The molecule has 0 aliphatic rings. The van der Waals surface area contributed by atoms with Crippen LogP contribution in [0, 0.1) is 0 Å². The first-order valence-corrected chi connectivity index (χ1v) is 12.6. The number of nitrogens with zero attached hydrogens (tertiary/aromatic N) is 4. The monoisotopic (exact) mass is 533 g/mol. The second-order valence-corrected chi connectivity index (χ2v) is 9.01. The summed E-state index contributed by atoms with van der Waals surface area (Å²) >= 11 is 0. The molecule has 0 atom stereocenters. The predicted octanol–water partition coefficient (Wildman–Crippen LogP) is 5.25. The fourth-order valence-electron chi connectivity index (χ4n) is 4.72. The summed E-state index contributed by atoms with van der Waals surface area (Å²) in [6.07, 6.45) is 1.74. The lowest BCUT2D eigenvalue weighted by molar-refractivity contribution is 0.0698. The van der Waals surface area contributed by atoms with Crippen LogP contribution >= 0.6 is 0 Å². The first-order chi connectivity index (χ1) is 19.5. The van der Waals surface area contributed by atoms with Crippen molar-refractivity contribution in [1.29, 1.82) is 0 Å². The number of hydrogen-bond donors (Lipinski definition) is 2. The van der Waals surface area contributed by atoms with E-state index in [-0.39, 0.29) is 5.56 Å². The third-order valence-electron chi connectivity index (χ3n) is 6.52. The molecule has 3 aromatic carbocycles. The van der Waals surface area contributed by atoms with Crippen molar-refractivity contribution in [3.8, 4) is 39.8 Å². The van der Waals surface area contributed by atoms with Gasteiger partial charge in [-0.15, -0.1) is 0 Å². The van der Waals surface area contributed by atoms with E-state index in [4.69, 9.17) is 9.26 Å². The van der Waals surface area contributed by atoms with Crippen LogP contribution in [0.4, 0.5) is 0 Å². The van der Waals surface area contributed by atoms with Crippen LogP contribution in [0.1, 0.15) is 22.8 Å². The summed E-state index contributed by atoms with van der Waals surface area (Å²) in [6.45, 7) is 2.60. The quantitative estimate of drug-likeness (QED) is 0.271. The number of carboxylic acids is 1. The minimum atomic E-state index is -1.03. The van der Waals surface area contributed by atoms with Gasteiger partial charge in [-0.05, 0) is 60.0 Å². The molecule has 10 heteroatoms. The van der Waals surface area contributed by atoms with Gasteiger partial charge in [0.25, 0.3) is 6.01 Å². The molecule has 0 bridgehead atoms. The summed E-state index contributed by atoms with van der Waals surface area (Å²) in [5, 5.41) is 13.7. The molecule has 0 aliphatic heterocycles. The summed E-state index contributed by atoms with van der Waals surface area (Å²) < 4.78 is 12.3. The average molecular weight is 534 g/mol. The maximum atomic E-state index is 11.9.